The highest BCUT2D eigenvalue weighted by atomic mass is 16.2. The van der Waals surface area contributed by atoms with Gasteiger partial charge in [0.25, 0.3) is 0 Å². The summed E-state index contributed by atoms with van der Waals surface area (Å²) < 4.78 is 0. The Morgan fingerprint density at radius 2 is 2.18 bits per heavy atom. The molecule has 6 nitrogen and oxygen atoms in total. The number of hydrogen-bond acceptors (Lipinski definition) is 4. The zero-order chi connectivity index (χ0) is 12.7. The van der Waals surface area contributed by atoms with Gasteiger partial charge < -0.3 is 16.4 Å². The predicted octanol–water partition coefficient (Wildman–Crippen LogP) is -1.34. The molecular formula is C11H22N4O2. The number of nitrogens with two attached hydrogens (primary N) is 1. The number of nitrogens with zero attached hydrogens (tertiary/aromatic N) is 1. The van der Waals surface area contributed by atoms with Crippen molar-refractivity contribution < 1.29 is 9.59 Å². The Kier molecular flexibility index (Phi) is 5.93. The first-order chi connectivity index (χ1) is 8.19. The summed E-state index contributed by atoms with van der Waals surface area (Å²) in [5.74, 6) is -0.0671. The second-order valence-corrected chi connectivity index (χ2v) is 4.23. The van der Waals surface area contributed by atoms with E-state index in [2.05, 4.69) is 10.6 Å². The highest BCUT2D eigenvalue weighted by molar-refractivity contribution is 5.83. The van der Waals surface area contributed by atoms with Gasteiger partial charge in [0.1, 0.15) is 0 Å². The number of likely N-dealkylation sites (tertiary alicyclic amines) is 1. The number of carbonyl (C=O) groups excluding carboxylic acids is 2. The molecule has 0 radical (unpaired) electrons. The Morgan fingerprint density at radius 3 is 2.82 bits per heavy atom. The average molecular weight is 242 g/mol. The third-order valence-corrected chi connectivity index (χ3v) is 2.98. The normalized spacial score (nSPS) is 20.9. The molecule has 0 bridgehead atoms. The molecule has 1 saturated heterocycles. The summed E-state index contributed by atoms with van der Waals surface area (Å²) in [5, 5.41) is 5.37. The van der Waals surface area contributed by atoms with Crippen molar-refractivity contribution in [2.24, 2.45) is 5.73 Å². The number of piperidine rings is 1. The molecule has 1 rings (SSSR count). The standard InChI is InChI=1S/C11H22N4O2/c1-13-11(17)9-4-2-3-7-15(9)8-10(16)14-6-5-12/h9H,2-8,12H2,1H3,(H,13,17)(H,14,16). The molecule has 0 aromatic rings. The number of rotatable bonds is 5. The van der Waals surface area contributed by atoms with Crippen molar-refractivity contribution in [1.29, 1.82) is 0 Å². The lowest BCUT2D eigenvalue weighted by molar-refractivity contribution is -0.129. The van der Waals surface area contributed by atoms with Crippen molar-refractivity contribution in [2.75, 3.05) is 33.2 Å². The summed E-state index contributed by atoms with van der Waals surface area (Å²) in [6.07, 6.45) is 2.90. The molecule has 1 aliphatic rings. The number of hydrogen-bond donors (Lipinski definition) is 3. The molecule has 0 spiro atoms. The maximum Gasteiger partial charge on any atom is 0.237 e. The largest absolute Gasteiger partial charge is 0.358 e. The van der Waals surface area contributed by atoms with Crippen molar-refractivity contribution in [2.45, 2.75) is 25.3 Å². The monoisotopic (exact) mass is 242 g/mol. The molecule has 1 aliphatic heterocycles. The van der Waals surface area contributed by atoms with Crippen molar-refractivity contribution in [3.05, 3.63) is 0 Å². The van der Waals surface area contributed by atoms with E-state index >= 15 is 0 Å². The van der Waals surface area contributed by atoms with Gasteiger partial charge in [0.15, 0.2) is 0 Å². The van der Waals surface area contributed by atoms with Gasteiger partial charge in [-0.15, -0.1) is 0 Å². The van der Waals surface area contributed by atoms with Crippen LogP contribution < -0.4 is 16.4 Å². The van der Waals surface area contributed by atoms with Crippen molar-refractivity contribution >= 4 is 11.8 Å². The smallest absolute Gasteiger partial charge is 0.237 e. The van der Waals surface area contributed by atoms with Crippen LogP contribution in [0.1, 0.15) is 19.3 Å². The molecule has 98 valence electrons. The SMILES string of the molecule is CNC(=O)C1CCCCN1CC(=O)NCCN. The van der Waals surface area contributed by atoms with E-state index in [0.29, 0.717) is 13.1 Å². The van der Waals surface area contributed by atoms with Gasteiger partial charge in [0.2, 0.25) is 11.8 Å². The van der Waals surface area contributed by atoms with E-state index in [4.69, 9.17) is 5.73 Å². The molecular weight excluding hydrogens is 220 g/mol. The van der Waals surface area contributed by atoms with E-state index < -0.39 is 0 Å². The van der Waals surface area contributed by atoms with Crippen LogP contribution in [0.2, 0.25) is 0 Å². The summed E-state index contributed by atoms with van der Waals surface area (Å²) in [5.41, 5.74) is 5.31. The van der Waals surface area contributed by atoms with E-state index in [9.17, 15) is 9.59 Å². The molecule has 17 heavy (non-hydrogen) atoms. The van der Waals surface area contributed by atoms with E-state index in [1.807, 2.05) is 4.90 Å². The minimum absolute atomic E-state index is 0.00340. The topological polar surface area (TPSA) is 87.5 Å². The third-order valence-electron chi connectivity index (χ3n) is 2.98. The molecule has 4 N–H and O–H groups in total. The Balaban J connectivity index is 2.47. The van der Waals surface area contributed by atoms with Crippen LogP contribution in [0.5, 0.6) is 0 Å². The van der Waals surface area contributed by atoms with E-state index in [-0.39, 0.29) is 24.4 Å². The average Bonchev–Trinajstić information content (AvgIpc) is 2.36. The van der Waals surface area contributed by atoms with Crippen LogP contribution >= 0.6 is 0 Å². The number of amides is 2. The second-order valence-electron chi connectivity index (χ2n) is 4.23. The second kappa shape index (κ2) is 7.24. The Bertz CT molecular complexity index is 270. The van der Waals surface area contributed by atoms with Gasteiger partial charge in [0, 0.05) is 20.1 Å². The lowest BCUT2D eigenvalue weighted by Crippen LogP contribution is -2.52. The van der Waals surface area contributed by atoms with Gasteiger partial charge in [-0.25, -0.2) is 0 Å². The molecule has 1 heterocycles. The fraction of sp³-hybridized carbons (Fsp3) is 0.818. The first-order valence-electron chi connectivity index (χ1n) is 6.11. The van der Waals surface area contributed by atoms with Gasteiger partial charge in [-0.3, -0.25) is 14.5 Å². The van der Waals surface area contributed by atoms with Crippen LogP contribution in [0.25, 0.3) is 0 Å². The minimum Gasteiger partial charge on any atom is -0.358 e. The summed E-state index contributed by atoms with van der Waals surface area (Å²) in [6, 6.07) is -0.169. The molecule has 1 unspecified atom stereocenters. The van der Waals surface area contributed by atoms with Crippen LogP contribution in [0.15, 0.2) is 0 Å². The van der Waals surface area contributed by atoms with E-state index in [0.717, 1.165) is 25.8 Å². The van der Waals surface area contributed by atoms with Crippen LogP contribution in [0.4, 0.5) is 0 Å². The van der Waals surface area contributed by atoms with E-state index in [1.165, 1.54) is 0 Å². The maximum atomic E-state index is 11.7. The molecule has 0 saturated carbocycles. The van der Waals surface area contributed by atoms with Gasteiger partial charge >= 0.3 is 0 Å². The molecule has 0 aliphatic carbocycles. The number of likely N-dealkylation sites (N-methyl/N-ethyl adjacent to an activating group) is 1. The molecule has 6 heteroatoms. The lowest BCUT2D eigenvalue weighted by Gasteiger charge is -2.33. The highest BCUT2D eigenvalue weighted by Crippen LogP contribution is 2.16. The summed E-state index contributed by atoms with van der Waals surface area (Å²) in [6.45, 7) is 1.99. The van der Waals surface area contributed by atoms with E-state index in [1.54, 1.807) is 7.05 Å². The summed E-state index contributed by atoms with van der Waals surface area (Å²) in [4.78, 5) is 25.2. The zero-order valence-electron chi connectivity index (χ0n) is 10.4. The van der Waals surface area contributed by atoms with Gasteiger partial charge in [-0.2, -0.15) is 0 Å². The quantitative estimate of drug-likeness (QED) is 0.557. The van der Waals surface area contributed by atoms with Gasteiger partial charge in [-0.05, 0) is 19.4 Å². The van der Waals surface area contributed by atoms with Crippen LogP contribution in [-0.2, 0) is 9.59 Å². The van der Waals surface area contributed by atoms with Crippen molar-refractivity contribution in [1.82, 2.24) is 15.5 Å². The lowest BCUT2D eigenvalue weighted by atomic mass is 10.0. The number of nitrogens with one attached hydrogen (secondary N) is 2. The van der Waals surface area contributed by atoms with Crippen LogP contribution in [-0.4, -0.2) is 56.0 Å². The van der Waals surface area contributed by atoms with Gasteiger partial charge in [-0.1, -0.05) is 6.42 Å². The summed E-state index contributed by atoms with van der Waals surface area (Å²) in [7, 11) is 1.63. The number of carbonyl (C=O) groups is 2. The molecule has 0 aromatic carbocycles. The first kappa shape index (κ1) is 13.9. The van der Waals surface area contributed by atoms with Crippen LogP contribution in [0, 0.1) is 0 Å². The van der Waals surface area contributed by atoms with Gasteiger partial charge in [0.05, 0.1) is 12.6 Å². The molecule has 1 fully saturated rings. The fourth-order valence-corrected chi connectivity index (χ4v) is 2.10. The Labute approximate surface area is 102 Å². The Hall–Kier alpha value is -1.14. The third kappa shape index (κ3) is 4.32. The minimum atomic E-state index is -0.169. The predicted molar refractivity (Wildman–Crippen MR) is 65.3 cm³/mol. The molecule has 0 aromatic heterocycles. The molecule has 2 amide bonds. The first-order valence-corrected chi connectivity index (χ1v) is 6.11. The maximum absolute atomic E-state index is 11.7. The zero-order valence-corrected chi connectivity index (χ0v) is 10.4. The molecule has 1 atom stereocenters. The van der Waals surface area contributed by atoms with Crippen molar-refractivity contribution in [3.8, 4) is 0 Å². The van der Waals surface area contributed by atoms with Crippen molar-refractivity contribution in [3.63, 3.8) is 0 Å². The van der Waals surface area contributed by atoms with Crippen LogP contribution in [0.3, 0.4) is 0 Å². The Morgan fingerprint density at radius 1 is 1.41 bits per heavy atom. The summed E-state index contributed by atoms with van der Waals surface area (Å²) >= 11 is 0. The highest BCUT2D eigenvalue weighted by Gasteiger charge is 2.28. The fourth-order valence-electron chi connectivity index (χ4n) is 2.10.